The Morgan fingerprint density at radius 2 is 1.75 bits per heavy atom. The molecule has 1 aliphatic heterocycles. The third kappa shape index (κ3) is 7.52. The van der Waals surface area contributed by atoms with Gasteiger partial charge < -0.3 is 15.4 Å². The molecule has 0 unspecified atom stereocenters. The van der Waals surface area contributed by atoms with E-state index in [1.54, 1.807) is 12.1 Å². The molecule has 0 saturated heterocycles. The van der Waals surface area contributed by atoms with E-state index in [2.05, 4.69) is 43.3 Å². The summed E-state index contributed by atoms with van der Waals surface area (Å²) in [6.45, 7) is 3.36. The molecular weight excluding hydrogens is 476 g/mol. The van der Waals surface area contributed by atoms with E-state index in [-0.39, 0.29) is 17.2 Å². The van der Waals surface area contributed by atoms with Gasteiger partial charge in [0.15, 0.2) is 0 Å². The molecule has 0 aromatic heterocycles. The highest BCUT2D eigenvalue weighted by Crippen LogP contribution is 2.37. The number of ether oxygens (including phenoxy) is 1. The number of hydrogen-bond donors (Lipinski definition) is 2. The van der Waals surface area contributed by atoms with Gasteiger partial charge in [-0.2, -0.15) is 8.42 Å². The minimum atomic E-state index is -4.02. The lowest BCUT2D eigenvalue weighted by Gasteiger charge is -2.13. The van der Waals surface area contributed by atoms with E-state index < -0.39 is 10.1 Å². The van der Waals surface area contributed by atoms with Crippen LogP contribution >= 0.6 is 0 Å². The molecule has 1 amide bonds. The highest BCUT2D eigenvalue weighted by atomic mass is 32.2. The zero-order valence-electron chi connectivity index (χ0n) is 20.8. The SMILES string of the molecule is CN(C)CCC=C1c2ccccc2COc2ccc(CC(N)=O)cc21.Cc1ccc(S(=O)(=O)O)cc1. The summed E-state index contributed by atoms with van der Waals surface area (Å²) < 4.78 is 35.6. The molecule has 1 heterocycles. The Labute approximate surface area is 213 Å². The van der Waals surface area contributed by atoms with Gasteiger partial charge in [0.1, 0.15) is 12.4 Å². The van der Waals surface area contributed by atoms with E-state index in [4.69, 9.17) is 15.0 Å². The first kappa shape index (κ1) is 27.1. The second-order valence-electron chi connectivity index (χ2n) is 8.92. The molecule has 0 spiro atoms. The third-order valence-corrected chi connectivity index (χ3v) is 6.51. The molecule has 0 saturated carbocycles. The van der Waals surface area contributed by atoms with Crippen LogP contribution in [0.2, 0.25) is 0 Å². The number of carbonyl (C=O) groups is 1. The predicted molar refractivity (Wildman–Crippen MR) is 141 cm³/mol. The summed E-state index contributed by atoms with van der Waals surface area (Å²) in [6, 6.07) is 20.2. The van der Waals surface area contributed by atoms with Crippen LogP contribution in [0.4, 0.5) is 0 Å². The van der Waals surface area contributed by atoms with Gasteiger partial charge >= 0.3 is 0 Å². The van der Waals surface area contributed by atoms with Gasteiger partial charge in [0.2, 0.25) is 5.91 Å². The van der Waals surface area contributed by atoms with Crippen molar-refractivity contribution in [2.24, 2.45) is 5.73 Å². The zero-order valence-corrected chi connectivity index (χ0v) is 21.6. The molecule has 3 aromatic rings. The van der Waals surface area contributed by atoms with Crippen LogP contribution in [0.3, 0.4) is 0 Å². The summed E-state index contributed by atoms with van der Waals surface area (Å²) in [6.07, 6.45) is 3.44. The molecule has 0 aliphatic carbocycles. The first-order chi connectivity index (χ1) is 17.0. The average Bonchev–Trinajstić information content (AvgIpc) is 2.96. The first-order valence-corrected chi connectivity index (χ1v) is 13.0. The van der Waals surface area contributed by atoms with Gasteiger partial charge in [-0.15, -0.1) is 0 Å². The van der Waals surface area contributed by atoms with Crippen molar-refractivity contribution in [2.45, 2.75) is 31.3 Å². The highest BCUT2D eigenvalue weighted by Gasteiger charge is 2.19. The summed E-state index contributed by atoms with van der Waals surface area (Å²) in [5.41, 5.74) is 11.8. The lowest BCUT2D eigenvalue weighted by atomic mass is 9.92. The fourth-order valence-corrected chi connectivity index (χ4v) is 4.31. The van der Waals surface area contributed by atoms with Crippen molar-refractivity contribution in [1.82, 2.24) is 4.90 Å². The average molecular weight is 509 g/mol. The number of aryl methyl sites for hydroxylation is 1. The summed E-state index contributed by atoms with van der Waals surface area (Å²) in [4.78, 5) is 13.4. The molecule has 36 heavy (non-hydrogen) atoms. The third-order valence-electron chi connectivity index (χ3n) is 5.65. The van der Waals surface area contributed by atoms with Gasteiger partial charge in [-0.1, -0.05) is 54.1 Å². The van der Waals surface area contributed by atoms with Crippen LogP contribution in [-0.2, 0) is 27.9 Å². The van der Waals surface area contributed by atoms with E-state index in [1.807, 2.05) is 31.2 Å². The molecular formula is C28H32N2O5S. The number of fused-ring (bicyclic) bond motifs is 2. The van der Waals surface area contributed by atoms with Crippen LogP contribution in [0.1, 0.15) is 34.2 Å². The second-order valence-corrected chi connectivity index (χ2v) is 10.3. The summed E-state index contributed by atoms with van der Waals surface area (Å²) in [5, 5.41) is 0. The molecule has 0 atom stereocenters. The molecule has 3 N–H and O–H groups in total. The number of benzene rings is 3. The molecule has 1 aliphatic rings. The first-order valence-electron chi connectivity index (χ1n) is 11.6. The number of amides is 1. The van der Waals surface area contributed by atoms with Gasteiger partial charge in [-0.25, -0.2) is 0 Å². The van der Waals surface area contributed by atoms with Gasteiger partial charge in [0.05, 0.1) is 11.3 Å². The van der Waals surface area contributed by atoms with Crippen LogP contribution in [0.5, 0.6) is 5.75 Å². The lowest BCUT2D eigenvalue weighted by Crippen LogP contribution is -2.13. The van der Waals surface area contributed by atoms with E-state index in [0.29, 0.717) is 6.61 Å². The van der Waals surface area contributed by atoms with Crippen LogP contribution in [-0.4, -0.2) is 44.4 Å². The molecule has 4 rings (SSSR count). The van der Waals surface area contributed by atoms with Gasteiger partial charge in [-0.05, 0) is 74.0 Å². The van der Waals surface area contributed by atoms with Crippen LogP contribution in [0.15, 0.2) is 77.7 Å². The minimum absolute atomic E-state index is 0.0666. The van der Waals surface area contributed by atoms with E-state index >= 15 is 0 Å². The van der Waals surface area contributed by atoms with Crippen molar-refractivity contribution < 1.29 is 22.5 Å². The molecule has 8 heteroatoms. The van der Waals surface area contributed by atoms with Gasteiger partial charge in [-0.3, -0.25) is 9.35 Å². The number of carbonyl (C=O) groups excluding carboxylic acids is 1. The van der Waals surface area contributed by atoms with Crippen molar-refractivity contribution in [2.75, 3.05) is 20.6 Å². The maximum Gasteiger partial charge on any atom is 0.294 e. The quantitative estimate of drug-likeness (QED) is 0.482. The Morgan fingerprint density at radius 3 is 2.39 bits per heavy atom. The Kier molecular flexibility index (Phi) is 9.03. The van der Waals surface area contributed by atoms with Crippen molar-refractivity contribution in [3.8, 4) is 5.75 Å². The predicted octanol–water partition coefficient (Wildman–Crippen LogP) is 4.23. The summed E-state index contributed by atoms with van der Waals surface area (Å²) >= 11 is 0. The number of rotatable bonds is 6. The number of primary amides is 1. The normalized spacial score (nSPS) is 13.6. The Hall–Kier alpha value is -3.46. The molecule has 0 bridgehead atoms. The van der Waals surface area contributed by atoms with Crippen LogP contribution in [0.25, 0.3) is 5.57 Å². The van der Waals surface area contributed by atoms with Crippen molar-refractivity contribution in [3.05, 3.63) is 101 Å². The smallest absolute Gasteiger partial charge is 0.294 e. The summed E-state index contributed by atoms with van der Waals surface area (Å²) in [7, 11) is 0.122. The Bertz CT molecular complexity index is 1350. The highest BCUT2D eigenvalue weighted by molar-refractivity contribution is 7.85. The Morgan fingerprint density at radius 1 is 1.06 bits per heavy atom. The molecule has 0 radical (unpaired) electrons. The van der Waals surface area contributed by atoms with Crippen LogP contribution in [0, 0.1) is 6.92 Å². The minimum Gasteiger partial charge on any atom is -0.488 e. The molecule has 190 valence electrons. The largest absolute Gasteiger partial charge is 0.488 e. The Balaban J connectivity index is 0.000000275. The molecule has 3 aromatic carbocycles. The fourth-order valence-electron chi connectivity index (χ4n) is 3.83. The van der Waals surface area contributed by atoms with E-state index in [0.717, 1.165) is 41.0 Å². The van der Waals surface area contributed by atoms with Gasteiger partial charge in [0.25, 0.3) is 10.1 Å². The van der Waals surface area contributed by atoms with Crippen LogP contribution < -0.4 is 10.5 Å². The van der Waals surface area contributed by atoms with Crippen molar-refractivity contribution in [1.29, 1.82) is 0 Å². The second kappa shape index (κ2) is 12.0. The lowest BCUT2D eigenvalue weighted by molar-refractivity contribution is -0.117. The molecule has 0 fully saturated rings. The summed E-state index contributed by atoms with van der Waals surface area (Å²) in [5.74, 6) is 0.522. The topological polar surface area (TPSA) is 110 Å². The number of hydrogen-bond acceptors (Lipinski definition) is 5. The van der Waals surface area contributed by atoms with Crippen molar-refractivity contribution >= 4 is 21.6 Å². The standard InChI is InChI=1S/C21H24N2O2.C7H8O3S/c1-23(2)11-5-8-18-17-7-4-3-6-16(17)14-25-20-10-9-15(12-19(18)20)13-21(22)24;1-6-2-4-7(5-3-6)11(8,9)10/h3-4,6-10,12H,5,11,13-14H2,1-2H3,(H2,22,24);2-5H,1H3,(H,8,9,10). The molecule has 7 nitrogen and oxygen atoms in total. The number of nitrogens with zero attached hydrogens (tertiary/aromatic N) is 1. The van der Waals surface area contributed by atoms with Crippen molar-refractivity contribution in [3.63, 3.8) is 0 Å². The van der Waals surface area contributed by atoms with Gasteiger partial charge in [0, 0.05) is 12.1 Å². The van der Waals surface area contributed by atoms with E-state index in [9.17, 15) is 13.2 Å². The number of nitrogens with two attached hydrogens (primary N) is 1. The van der Waals surface area contributed by atoms with E-state index in [1.165, 1.54) is 23.3 Å². The maximum absolute atomic E-state index is 11.3. The zero-order chi connectivity index (χ0) is 26.3. The fraction of sp³-hybridized carbons (Fsp3) is 0.250. The monoisotopic (exact) mass is 508 g/mol. The maximum atomic E-state index is 11.3.